The molecule has 0 heterocycles. The van der Waals surface area contributed by atoms with Crippen LogP contribution in [-0.4, -0.2) is 34.5 Å². The van der Waals surface area contributed by atoms with E-state index in [-0.39, 0.29) is 17.9 Å². The number of carbonyl (C=O) groups is 2. The maximum Gasteiger partial charge on any atom is 0.307 e. The summed E-state index contributed by atoms with van der Waals surface area (Å²) in [6, 6.07) is 0.244. The Labute approximate surface area is 118 Å². The first-order valence-corrected chi connectivity index (χ1v) is 8.46. The van der Waals surface area contributed by atoms with Crippen LogP contribution in [-0.2, 0) is 9.59 Å². The second kappa shape index (κ2) is 6.64. The first-order chi connectivity index (χ1) is 9.11. The first kappa shape index (κ1) is 14.7. The van der Waals surface area contributed by atoms with Crippen molar-refractivity contribution in [3.05, 3.63) is 0 Å². The van der Waals surface area contributed by atoms with Gasteiger partial charge in [-0.2, -0.15) is 11.8 Å². The highest BCUT2D eigenvalue weighted by molar-refractivity contribution is 7.99. The minimum absolute atomic E-state index is 0.0309. The highest BCUT2D eigenvalue weighted by Crippen LogP contribution is 2.33. The summed E-state index contributed by atoms with van der Waals surface area (Å²) < 4.78 is 0. The predicted molar refractivity (Wildman–Crippen MR) is 76.2 cm³/mol. The fourth-order valence-corrected chi connectivity index (χ4v) is 4.19. The van der Waals surface area contributed by atoms with Crippen molar-refractivity contribution in [3.63, 3.8) is 0 Å². The molecule has 2 N–H and O–H groups in total. The molecular weight excluding hydrogens is 262 g/mol. The molecule has 0 bridgehead atoms. The average Bonchev–Trinajstić information content (AvgIpc) is 2.88. The van der Waals surface area contributed by atoms with E-state index in [0.717, 1.165) is 32.1 Å². The largest absolute Gasteiger partial charge is 0.481 e. The molecule has 2 fully saturated rings. The van der Waals surface area contributed by atoms with Gasteiger partial charge in [-0.05, 0) is 38.4 Å². The average molecular weight is 285 g/mol. The Morgan fingerprint density at radius 2 is 1.79 bits per heavy atom. The van der Waals surface area contributed by atoms with E-state index in [1.54, 1.807) is 0 Å². The molecule has 0 radical (unpaired) electrons. The number of aliphatic carboxylic acids is 1. The van der Waals surface area contributed by atoms with E-state index in [2.05, 4.69) is 11.6 Å². The van der Waals surface area contributed by atoms with Gasteiger partial charge in [-0.15, -0.1) is 0 Å². The summed E-state index contributed by atoms with van der Waals surface area (Å²) >= 11 is 1.87. The van der Waals surface area contributed by atoms with Gasteiger partial charge in [0.2, 0.25) is 5.91 Å². The number of hydrogen-bond acceptors (Lipinski definition) is 3. The van der Waals surface area contributed by atoms with E-state index >= 15 is 0 Å². The molecule has 2 saturated carbocycles. The van der Waals surface area contributed by atoms with Crippen molar-refractivity contribution in [3.8, 4) is 0 Å². The van der Waals surface area contributed by atoms with E-state index in [0.29, 0.717) is 11.7 Å². The van der Waals surface area contributed by atoms with Gasteiger partial charge in [-0.25, -0.2) is 0 Å². The Balaban J connectivity index is 1.88. The van der Waals surface area contributed by atoms with Crippen molar-refractivity contribution in [2.45, 2.75) is 56.2 Å². The van der Waals surface area contributed by atoms with Gasteiger partial charge in [-0.3, -0.25) is 9.59 Å². The topological polar surface area (TPSA) is 66.4 Å². The molecule has 2 aliphatic carbocycles. The summed E-state index contributed by atoms with van der Waals surface area (Å²) in [5, 5.41) is 12.9. The van der Waals surface area contributed by atoms with Crippen molar-refractivity contribution >= 4 is 23.6 Å². The lowest BCUT2D eigenvalue weighted by molar-refractivity contribution is -0.146. The van der Waals surface area contributed by atoms with Crippen LogP contribution in [0.3, 0.4) is 0 Å². The van der Waals surface area contributed by atoms with Crippen LogP contribution < -0.4 is 5.32 Å². The second-order valence-corrected chi connectivity index (χ2v) is 6.85. The van der Waals surface area contributed by atoms with Crippen LogP contribution in [0.1, 0.15) is 44.9 Å². The number of hydrogen-bond donors (Lipinski definition) is 2. The molecule has 4 unspecified atom stereocenters. The van der Waals surface area contributed by atoms with Gasteiger partial charge in [0.25, 0.3) is 0 Å². The molecule has 2 rings (SSSR count). The molecule has 0 aromatic heterocycles. The lowest BCUT2D eigenvalue weighted by atomic mass is 9.92. The minimum Gasteiger partial charge on any atom is -0.481 e. The fourth-order valence-electron chi connectivity index (χ4n) is 3.37. The van der Waals surface area contributed by atoms with Gasteiger partial charge in [0.15, 0.2) is 0 Å². The number of rotatable bonds is 4. The van der Waals surface area contributed by atoms with Crippen LogP contribution in [0.15, 0.2) is 0 Å². The number of amides is 1. The zero-order chi connectivity index (χ0) is 13.8. The highest BCUT2D eigenvalue weighted by atomic mass is 32.2. The Hall–Kier alpha value is -0.710. The quantitative estimate of drug-likeness (QED) is 0.831. The first-order valence-electron chi connectivity index (χ1n) is 7.17. The van der Waals surface area contributed by atoms with Crippen LogP contribution in [0, 0.1) is 11.8 Å². The summed E-state index contributed by atoms with van der Waals surface area (Å²) in [5.41, 5.74) is 0. The Kier molecular flexibility index (Phi) is 5.13. The Morgan fingerprint density at radius 1 is 1.11 bits per heavy atom. The zero-order valence-electron chi connectivity index (χ0n) is 11.4. The lowest BCUT2D eigenvalue weighted by Gasteiger charge is -2.30. The molecular formula is C14H23NO3S. The van der Waals surface area contributed by atoms with Gasteiger partial charge in [0.1, 0.15) is 0 Å². The second-order valence-electron chi connectivity index (χ2n) is 5.71. The van der Waals surface area contributed by atoms with E-state index in [1.807, 2.05) is 11.8 Å². The standard InChI is InChI=1S/C14H23NO3S/c1-19-10-5-2-4-9(8-10)15-13(16)11-6-3-7-12(11)14(17)18/h9-12H,2-8H2,1H3,(H,15,16)(H,17,18). The monoisotopic (exact) mass is 285 g/mol. The third-order valence-corrected chi connectivity index (χ3v) is 5.57. The van der Waals surface area contributed by atoms with Gasteiger partial charge < -0.3 is 10.4 Å². The number of carboxylic acids is 1. The van der Waals surface area contributed by atoms with Crippen LogP contribution in [0.25, 0.3) is 0 Å². The smallest absolute Gasteiger partial charge is 0.307 e. The summed E-state index contributed by atoms with van der Waals surface area (Å²) in [7, 11) is 0. The van der Waals surface area contributed by atoms with Crippen molar-refractivity contribution in [1.82, 2.24) is 5.32 Å². The SMILES string of the molecule is CSC1CCCC(NC(=O)C2CCCC2C(=O)O)C1. The van der Waals surface area contributed by atoms with Crippen molar-refractivity contribution in [2.75, 3.05) is 6.26 Å². The van der Waals surface area contributed by atoms with Crippen LogP contribution in [0.4, 0.5) is 0 Å². The number of carbonyl (C=O) groups excluding carboxylic acids is 1. The molecule has 0 spiro atoms. The van der Waals surface area contributed by atoms with E-state index in [1.165, 1.54) is 6.42 Å². The van der Waals surface area contributed by atoms with Gasteiger partial charge >= 0.3 is 5.97 Å². The molecule has 0 aliphatic heterocycles. The summed E-state index contributed by atoms with van der Waals surface area (Å²) in [4.78, 5) is 23.4. The maximum atomic E-state index is 12.2. The predicted octanol–water partition coefficient (Wildman–Crippen LogP) is 2.28. The highest BCUT2D eigenvalue weighted by Gasteiger charge is 2.38. The Morgan fingerprint density at radius 3 is 2.47 bits per heavy atom. The van der Waals surface area contributed by atoms with E-state index < -0.39 is 11.9 Å². The molecule has 0 aromatic rings. The number of thioether (sulfide) groups is 1. The molecule has 0 saturated heterocycles. The van der Waals surface area contributed by atoms with E-state index in [9.17, 15) is 9.59 Å². The molecule has 1 amide bonds. The molecule has 2 aliphatic rings. The summed E-state index contributed by atoms with van der Waals surface area (Å²) in [6.07, 6.45) is 8.79. The van der Waals surface area contributed by atoms with Crippen molar-refractivity contribution in [2.24, 2.45) is 11.8 Å². The van der Waals surface area contributed by atoms with E-state index in [4.69, 9.17) is 5.11 Å². The molecule has 108 valence electrons. The van der Waals surface area contributed by atoms with Gasteiger partial charge in [0, 0.05) is 11.3 Å². The number of nitrogens with one attached hydrogen (secondary N) is 1. The molecule has 19 heavy (non-hydrogen) atoms. The molecule has 4 atom stereocenters. The third-order valence-electron chi connectivity index (χ3n) is 4.48. The third kappa shape index (κ3) is 3.65. The fraction of sp³-hybridized carbons (Fsp3) is 0.857. The van der Waals surface area contributed by atoms with Gasteiger partial charge in [0.05, 0.1) is 11.8 Å². The minimum atomic E-state index is -0.816. The zero-order valence-corrected chi connectivity index (χ0v) is 12.2. The normalized spacial score (nSPS) is 35.0. The summed E-state index contributed by atoms with van der Waals surface area (Å²) in [6.45, 7) is 0. The summed E-state index contributed by atoms with van der Waals surface area (Å²) in [5.74, 6) is -1.63. The van der Waals surface area contributed by atoms with Crippen LogP contribution in [0.5, 0.6) is 0 Å². The van der Waals surface area contributed by atoms with Crippen LogP contribution in [0.2, 0.25) is 0 Å². The number of carboxylic acid groups (broad SMARTS) is 1. The van der Waals surface area contributed by atoms with Crippen LogP contribution >= 0.6 is 11.8 Å². The Bertz CT molecular complexity index is 348. The van der Waals surface area contributed by atoms with Crippen molar-refractivity contribution < 1.29 is 14.7 Å². The lowest BCUT2D eigenvalue weighted by Crippen LogP contribution is -2.43. The van der Waals surface area contributed by atoms with Crippen molar-refractivity contribution in [1.29, 1.82) is 0 Å². The molecule has 5 heteroatoms. The molecule has 0 aromatic carbocycles. The maximum absolute atomic E-state index is 12.2. The molecule has 4 nitrogen and oxygen atoms in total. The van der Waals surface area contributed by atoms with Gasteiger partial charge in [-0.1, -0.05) is 12.8 Å².